The van der Waals surface area contributed by atoms with E-state index in [4.69, 9.17) is 15.0 Å². The van der Waals surface area contributed by atoms with Crippen LogP contribution < -0.4 is 5.73 Å². The second-order valence-electron chi connectivity index (χ2n) is 4.11. The third-order valence-corrected chi connectivity index (χ3v) is 3.65. The van der Waals surface area contributed by atoms with E-state index in [1.165, 1.54) is 10.5 Å². The van der Waals surface area contributed by atoms with Gasteiger partial charge in [-0.05, 0) is 19.1 Å². The van der Waals surface area contributed by atoms with Crippen LogP contribution in [0.3, 0.4) is 0 Å². The summed E-state index contributed by atoms with van der Waals surface area (Å²) in [5, 5.41) is 3.92. The molecule has 2 aromatic rings. The van der Waals surface area contributed by atoms with E-state index < -0.39 is 0 Å². The topological polar surface area (TPSA) is 74.2 Å². The zero-order valence-corrected chi connectivity index (χ0v) is 11.8. The van der Waals surface area contributed by atoms with Gasteiger partial charge in [0.2, 0.25) is 0 Å². The van der Waals surface area contributed by atoms with Gasteiger partial charge < -0.3 is 15.0 Å². The van der Waals surface area contributed by atoms with E-state index in [0.717, 1.165) is 0 Å². The Kier molecular flexibility index (Phi) is 4.95. The molecule has 1 atom stereocenters. The van der Waals surface area contributed by atoms with Crippen molar-refractivity contribution in [3.8, 4) is 0 Å². The molecule has 0 fully saturated rings. The summed E-state index contributed by atoms with van der Waals surface area (Å²) in [4.78, 5) is 5.46. The highest BCUT2D eigenvalue weighted by Crippen LogP contribution is 2.22. The van der Waals surface area contributed by atoms with Crippen LogP contribution in [-0.4, -0.2) is 23.8 Å². The molecule has 5 nitrogen and oxygen atoms in total. The lowest BCUT2D eigenvalue weighted by atomic mass is 10.2. The molecule has 6 heteroatoms. The quantitative estimate of drug-likeness (QED) is 0.818. The minimum Gasteiger partial charge on any atom is -0.370 e. The number of benzene rings is 1. The summed E-state index contributed by atoms with van der Waals surface area (Å²) in [6.45, 7) is 2.39. The van der Waals surface area contributed by atoms with Gasteiger partial charge in [0, 0.05) is 18.6 Å². The monoisotopic (exact) mass is 279 g/mol. The highest BCUT2D eigenvalue weighted by atomic mass is 32.2. The molecule has 0 bridgehead atoms. The lowest BCUT2D eigenvalue weighted by Crippen LogP contribution is -2.14. The van der Waals surface area contributed by atoms with E-state index in [1.54, 1.807) is 18.9 Å². The Morgan fingerprint density at radius 3 is 2.74 bits per heavy atom. The summed E-state index contributed by atoms with van der Waals surface area (Å²) < 4.78 is 10.3. The Morgan fingerprint density at radius 1 is 1.37 bits per heavy atom. The van der Waals surface area contributed by atoms with Gasteiger partial charge in [0.25, 0.3) is 5.89 Å². The Balaban J connectivity index is 1.95. The molecule has 0 aliphatic heterocycles. The molecule has 0 aliphatic carbocycles. The Bertz CT molecular complexity index is 509. The summed E-state index contributed by atoms with van der Waals surface area (Å²) in [5.41, 5.74) is 6.79. The number of hydrogen-bond acceptors (Lipinski definition) is 6. The SMILES string of the molecule is COC(CN)c1nc(CSc2ccc(C)cc2)no1. The average Bonchev–Trinajstić information content (AvgIpc) is 2.88. The van der Waals surface area contributed by atoms with Crippen molar-refractivity contribution in [1.82, 2.24) is 10.1 Å². The summed E-state index contributed by atoms with van der Waals surface area (Å²) in [7, 11) is 1.57. The van der Waals surface area contributed by atoms with E-state index in [1.807, 2.05) is 0 Å². The molecule has 1 heterocycles. The third-order valence-electron chi connectivity index (χ3n) is 2.65. The van der Waals surface area contributed by atoms with E-state index >= 15 is 0 Å². The van der Waals surface area contributed by atoms with Crippen molar-refractivity contribution in [3.63, 3.8) is 0 Å². The van der Waals surface area contributed by atoms with Crippen molar-refractivity contribution in [2.75, 3.05) is 13.7 Å². The van der Waals surface area contributed by atoms with Crippen molar-refractivity contribution in [3.05, 3.63) is 41.5 Å². The van der Waals surface area contributed by atoms with Crippen LogP contribution in [-0.2, 0) is 10.5 Å². The highest BCUT2D eigenvalue weighted by Gasteiger charge is 2.16. The van der Waals surface area contributed by atoms with Gasteiger partial charge in [-0.25, -0.2) is 0 Å². The fourth-order valence-electron chi connectivity index (χ4n) is 1.54. The molecule has 19 heavy (non-hydrogen) atoms. The van der Waals surface area contributed by atoms with Crippen LogP contribution >= 0.6 is 11.8 Å². The molecule has 2 rings (SSSR count). The first kappa shape index (κ1) is 14.0. The number of thioether (sulfide) groups is 1. The zero-order valence-electron chi connectivity index (χ0n) is 11.0. The van der Waals surface area contributed by atoms with E-state index in [-0.39, 0.29) is 6.10 Å². The van der Waals surface area contributed by atoms with Gasteiger partial charge in [-0.3, -0.25) is 0 Å². The summed E-state index contributed by atoms with van der Waals surface area (Å²) in [6, 6.07) is 8.33. The van der Waals surface area contributed by atoms with E-state index in [9.17, 15) is 0 Å². The second kappa shape index (κ2) is 6.70. The Morgan fingerprint density at radius 2 is 2.11 bits per heavy atom. The molecule has 0 radical (unpaired) electrons. The summed E-state index contributed by atoms with van der Waals surface area (Å²) in [5.74, 6) is 1.74. The lowest BCUT2D eigenvalue weighted by Gasteiger charge is -2.05. The number of methoxy groups -OCH3 is 1. The van der Waals surface area contributed by atoms with Crippen molar-refractivity contribution in [1.29, 1.82) is 0 Å². The minimum atomic E-state index is -0.328. The molecule has 2 N–H and O–H groups in total. The zero-order chi connectivity index (χ0) is 13.7. The third kappa shape index (κ3) is 3.79. The number of ether oxygens (including phenoxy) is 1. The van der Waals surface area contributed by atoms with Crippen molar-refractivity contribution in [2.24, 2.45) is 5.73 Å². The molecule has 0 aliphatic rings. The van der Waals surface area contributed by atoms with Crippen molar-refractivity contribution in [2.45, 2.75) is 23.7 Å². The molecule has 0 amide bonds. The second-order valence-corrected chi connectivity index (χ2v) is 5.16. The molecular weight excluding hydrogens is 262 g/mol. The normalized spacial score (nSPS) is 12.6. The van der Waals surface area contributed by atoms with Crippen LogP contribution in [0.4, 0.5) is 0 Å². The van der Waals surface area contributed by atoms with Crippen LogP contribution in [0.2, 0.25) is 0 Å². The van der Waals surface area contributed by atoms with Gasteiger partial charge >= 0.3 is 0 Å². The van der Waals surface area contributed by atoms with Crippen LogP contribution in [0.25, 0.3) is 0 Å². The summed E-state index contributed by atoms with van der Waals surface area (Å²) >= 11 is 1.67. The molecule has 0 spiro atoms. The molecule has 1 aromatic heterocycles. The predicted molar refractivity (Wildman–Crippen MR) is 73.8 cm³/mol. The van der Waals surface area contributed by atoms with Crippen LogP contribution in [0, 0.1) is 6.92 Å². The number of rotatable bonds is 6. The maximum Gasteiger partial charge on any atom is 0.257 e. The minimum absolute atomic E-state index is 0.323. The molecule has 0 saturated carbocycles. The number of nitrogens with two attached hydrogens (primary N) is 1. The van der Waals surface area contributed by atoms with Crippen molar-refractivity contribution >= 4 is 11.8 Å². The first-order valence-corrected chi connectivity index (χ1v) is 6.96. The molecule has 1 aromatic carbocycles. The largest absolute Gasteiger partial charge is 0.370 e. The van der Waals surface area contributed by atoms with Crippen LogP contribution in [0.15, 0.2) is 33.7 Å². The van der Waals surface area contributed by atoms with Gasteiger partial charge in [-0.15, -0.1) is 11.8 Å². The smallest absolute Gasteiger partial charge is 0.257 e. The fraction of sp³-hybridized carbons (Fsp3) is 0.385. The average molecular weight is 279 g/mol. The first-order chi connectivity index (χ1) is 9.22. The fourth-order valence-corrected chi connectivity index (χ4v) is 2.28. The van der Waals surface area contributed by atoms with E-state index in [0.29, 0.717) is 24.0 Å². The van der Waals surface area contributed by atoms with Gasteiger partial charge in [-0.1, -0.05) is 22.9 Å². The van der Waals surface area contributed by atoms with E-state index in [2.05, 4.69) is 41.3 Å². The Labute approximate surface area is 116 Å². The molecule has 1 unspecified atom stereocenters. The van der Waals surface area contributed by atoms with Gasteiger partial charge in [0.05, 0.1) is 5.75 Å². The molecule has 0 saturated heterocycles. The van der Waals surface area contributed by atoms with Gasteiger partial charge in [0.1, 0.15) is 6.10 Å². The number of hydrogen-bond donors (Lipinski definition) is 1. The number of aryl methyl sites for hydroxylation is 1. The standard InChI is InChI=1S/C13H17N3O2S/c1-9-3-5-10(6-4-9)19-8-12-15-13(18-16-12)11(7-14)17-2/h3-6,11H,7-8,14H2,1-2H3. The summed E-state index contributed by atoms with van der Waals surface area (Å²) in [6.07, 6.45) is -0.328. The highest BCUT2D eigenvalue weighted by molar-refractivity contribution is 7.98. The Hall–Kier alpha value is -1.37. The maximum atomic E-state index is 5.55. The van der Waals surface area contributed by atoms with Gasteiger partial charge in [0.15, 0.2) is 5.82 Å². The molecule has 102 valence electrons. The van der Waals surface area contributed by atoms with Crippen LogP contribution in [0.5, 0.6) is 0 Å². The van der Waals surface area contributed by atoms with Crippen LogP contribution in [0.1, 0.15) is 23.4 Å². The lowest BCUT2D eigenvalue weighted by molar-refractivity contribution is 0.0804. The maximum absolute atomic E-state index is 5.55. The number of nitrogens with zero attached hydrogens (tertiary/aromatic N) is 2. The predicted octanol–water partition coefficient (Wildman–Crippen LogP) is 2.32. The molecular formula is C13H17N3O2S. The first-order valence-electron chi connectivity index (χ1n) is 5.97. The number of aromatic nitrogens is 2. The van der Waals surface area contributed by atoms with Crippen molar-refractivity contribution < 1.29 is 9.26 Å². The van der Waals surface area contributed by atoms with Gasteiger partial charge in [-0.2, -0.15) is 4.98 Å².